The van der Waals surface area contributed by atoms with E-state index in [1.165, 1.54) is 11.8 Å². The molecule has 1 amide bonds. The van der Waals surface area contributed by atoms with E-state index in [0.717, 1.165) is 32.3 Å². The number of aromatic nitrogens is 4. The molecule has 0 saturated heterocycles. The molecule has 0 saturated carbocycles. The van der Waals surface area contributed by atoms with Crippen LogP contribution in [0.15, 0.2) is 90.1 Å². The summed E-state index contributed by atoms with van der Waals surface area (Å²) in [6, 6.07) is 27.8. The zero-order chi connectivity index (χ0) is 21.8. The summed E-state index contributed by atoms with van der Waals surface area (Å²) in [6.07, 6.45) is 0. The molecule has 0 atom stereocenters. The van der Waals surface area contributed by atoms with Crippen LogP contribution in [0.3, 0.4) is 0 Å². The largest absolute Gasteiger partial charge is 0.349 e. The minimum absolute atomic E-state index is 0.0712. The number of amides is 1. The quantitative estimate of drug-likeness (QED) is 0.350. The Morgan fingerprint density at radius 2 is 1.62 bits per heavy atom. The van der Waals surface area contributed by atoms with Gasteiger partial charge in [-0.3, -0.25) is 9.36 Å². The van der Waals surface area contributed by atoms with Crippen molar-refractivity contribution in [2.45, 2.75) is 11.7 Å². The molecular weight excluding hydrogens is 438 g/mol. The van der Waals surface area contributed by atoms with Gasteiger partial charge in [-0.15, -0.1) is 21.5 Å². The Labute approximate surface area is 193 Å². The van der Waals surface area contributed by atoms with Crippen LogP contribution in [0, 0.1) is 0 Å². The molecule has 0 aliphatic carbocycles. The molecule has 0 spiro atoms. The fourth-order valence-electron chi connectivity index (χ4n) is 3.30. The molecule has 1 N–H and O–H groups in total. The van der Waals surface area contributed by atoms with Crippen LogP contribution in [0.5, 0.6) is 0 Å². The van der Waals surface area contributed by atoms with Gasteiger partial charge in [0, 0.05) is 11.3 Å². The first-order valence-corrected chi connectivity index (χ1v) is 11.9. The molecule has 6 nitrogen and oxygen atoms in total. The van der Waals surface area contributed by atoms with Crippen LogP contribution in [0.25, 0.3) is 27.3 Å². The highest BCUT2D eigenvalue weighted by molar-refractivity contribution is 7.99. The Morgan fingerprint density at radius 3 is 2.41 bits per heavy atom. The number of nitrogens with zero attached hydrogens (tertiary/aromatic N) is 4. The number of hydrogen-bond donors (Lipinski definition) is 1. The molecule has 2 heterocycles. The summed E-state index contributed by atoms with van der Waals surface area (Å²) in [7, 11) is 0. The first kappa shape index (κ1) is 20.4. The average molecular weight is 458 g/mol. The number of carbonyl (C=O) groups excluding carboxylic acids is 1. The van der Waals surface area contributed by atoms with Gasteiger partial charge in [0.15, 0.2) is 11.0 Å². The molecule has 0 unspecified atom stereocenters. The summed E-state index contributed by atoms with van der Waals surface area (Å²) in [5, 5.41) is 13.3. The highest BCUT2D eigenvalue weighted by Crippen LogP contribution is 2.28. The first-order valence-electron chi connectivity index (χ1n) is 10.1. The monoisotopic (exact) mass is 457 g/mol. The van der Waals surface area contributed by atoms with Gasteiger partial charge < -0.3 is 5.32 Å². The number of thioether (sulfide) groups is 1. The molecule has 158 valence electrons. The van der Waals surface area contributed by atoms with Crippen molar-refractivity contribution in [3.8, 4) is 17.1 Å². The molecule has 2 aromatic heterocycles. The van der Waals surface area contributed by atoms with Crippen LogP contribution in [0.4, 0.5) is 0 Å². The van der Waals surface area contributed by atoms with E-state index < -0.39 is 0 Å². The Balaban J connectivity index is 1.30. The summed E-state index contributed by atoms with van der Waals surface area (Å²) in [5.41, 5.74) is 2.88. The average Bonchev–Trinajstić information content (AvgIpc) is 3.46. The van der Waals surface area contributed by atoms with Crippen molar-refractivity contribution in [1.29, 1.82) is 0 Å². The van der Waals surface area contributed by atoms with E-state index in [0.29, 0.717) is 11.7 Å². The predicted octanol–water partition coefficient (Wildman–Crippen LogP) is 4.95. The van der Waals surface area contributed by atoms with Gasteiger partial charge in [-0.05, 0) is 24.3 Å². The van der Waals surface area contributed by atoms with E-state index in [1.54, 1.807) is 11.3 Å². The van der Waals surface area contributed by atoms with Crippen molar-refractivity contribution in [3.63, 3.8) is 0 Å². The summed E-state index contributed by atoms with van der Waals surface area (Å²) >= 11 is 2.96. The smallest absolute Gasteiger partial charge is 0.230 e. The number of rotatable bonds is 7. The molecule has 0 aliphatic heterocycles. The zero-order valence-corrected chi connectivity index (χ0v) is 18.6. The van der Waals surface area contributed by atoms with Crippen molar-refractivity contribution in [2.75, 3.05) is 5.75 Å². The summed E-state index contributed by atoms with van der Waals surface area (Å²) in [6.45, 7) is 0.416. The summed E-state index contributed by atoms with van der Waals surface area (Å²) < 4.78 is 3.11. The van der Waals surface area contributed by atoms with Gasteiger partial charge in [0.25, 0.3) is 0 Å². The second-order valence-corrected chi connectivity index (χ2v) is 9.04. The van der Waals surface area contributed by atoms with E-state index in [9.17, 15) is 4.79 Å². The third kappa shape index (κ3) is 4.42. The Morgan fingerprint density at radius 1 is 0.906 bits per heavy atom. The van der Waals surface area contributed by atoms with Crippen molar-refractivity contribution in [1.82, 2.24) is 25.1 Å². The van der Waals surface area contributed by atoms with E-state index in [2.05, 4.69) is 20.5 Å². The standard InChI is InChI=1S/C24H19N5OS2/c30-21(25-15-22-26-19-13-7-8-14-20(19)32-22)16-31-24-28-27-23(17-9-3-1-4-10-17)29(24)18-11-5-2-6-12-18/h1-14H,15-16H2,(H,25,30). The number of thiazole rings is 1. The highest BCUT2D eigenvalue weighted by atomic mass is 32.2. The van der Waals surface area contributed by atoms with Gasteiger partial charge in [0.1, 0.15) is 5.01 Å². The number of para-hydroxylation sites is 2. The van der Waals surface area contributed by atoms with Crippen LogP contribution >= 0.6 is 23.1 Å². The van der Waals surface area contributed by atoms with E-state index in [1.807, 2.05) is 89.5 Å². The lowest BCUT2D eigenvalue weighted by atomic mass is 10.2. The minimum Gasteiger partial charge on any atom is -0.349 e. The van der Waals surface area contributed by atoms with Gasteiger partial charge in [-0.1, -0.05) is 72.4 Å². The van der Waals surface area contributed by atoms with Crippen LogP contribution < -0.4 is 5.32 Å². The maximum Gasteiger partial charge on any atom is 0.230 e. The number of benzene rings is 3. The maximum absolute atomic E-state index is 12.5. The first-order chi connectivity index (χ1) is 15.8. The lowest BCUT2D eigenvalue weighted by molar-refractivity contribution is -0.118. The summed E-state index contributed by atoms with van der Waals surface area (Å²) in [4.78, 5) is 17.1. The van der Waals surface area contributed by atoms with Crippen LogP contribution in [-0.4, -0.2) is 31.4 Å². The molecule has 0 aliphatic rings. The number of hydrogen-bond acceptors (Lipinski definition) is 6. The molecule has 0 bridgehead atoms. The fourth-order valence-corrected chi connectivity index (χ4v) is 4.99. The van der Waals surface area contributed by atoms with Crippen LogP contribution in [0.1, 0.15) is 5.01 Å². The molecule has 5 aromatic rings. The van der Waals surface area contributed by atoms with Gasteiger partial charge in [-0.25, -0.2) is 4.98 Å². The lowest BCUT2D eigenvalue weighted by Gasteiger charge is -2.10. The highest BCUT2D eigenvalue weighted by Gasteiger charge is 2.17. The molecule has 5 rings (SSSR count). The zero-order valence-electron chi connectivity index (χ0n) is 17.0. The van der Waals surface area contributed by atoms with Crippen molar-refractivity contribution in [3.05, 3.63) is 89.9 Å². The molecule has 32 heavy (non-hydrogen) atoms. The Hall–Kier alpha value is -3.49. The van der Waals surface area contributed by atoms with E-state index in [4.69, 9.17) is 0 Å². The van der Waals surface area contributed by atoms with Gasteiger partial charge in [-0.2, -0.15) is 0 Å². The topological polar surface area (TPSA) is 72.7 Å². The Kier molecular flexibility index (Phi) is 5.96. The molecular formula is C24H19N5OS2. The third-order valence-corrected chi connectivity index (χ3v) is 6.75. The molecule has 0 radical (unpaired) electrons. The summed E-state index contributed by atoms with van der Waals surface area (Å²) in [5.74, 6) is 0.914. The van der Waals surface area contributed by atoms with Gasteiger partial charge in [0.05, 0.1) is 22.5 Å². The number of fused-ring (bicyclic) bond motifs is 1. The fraction of sp³-hybridized carbons (Fsp3) is 0.0833. The Bertz CT molecular complexity index is 1320. The maximum atomic E-state index is 12.5. The molecule has 0 fully saturated rings. The lowest BCUT2D eigenvalue weighted by Crippen LogP contribution is -2.24. The SMILES string of the molecule is O=C(CSc1nnc(-c2ccccc2)n1-c1ccccc1)NCc1nc2ccccc2s1. The molecule has 3 aromatic carbocycles. The van der Waals surface area contributed by atoms with Crippen molar-refractivity contribution in [2.24, 2.45) is 0 Å². The van der Waals surface area contributed by atoms with Crippen molar-refractivity contribution < 1.29 is 4.79 Å². The molecule has 8 heteroatoms. The number of nitrogens with one attached hydrogen (secondary N) is 1. The van der Waals surface area contributed by atoms with Crippen LogP contribution in [0.2, 0.25) is 0 Å². The number of carbonyl (C=O) groups is 1. The third-order valence-electron chi connectivity index (χ3n) is 4.79. The van der Waals surface area contributed by atoms with Crippen LogP contribution in [-0.2, 0) is 11.3 Å². The second kappa shape index (κ2) is 9.33. The van der Waals surface area contributed by atoms with Crippen molar-refractivity contribution >= 4 is 39.2 Å². The van der Waals surface area contributed by atoms with Gasteiger partial charge in [0.2, 0.25) is 5.91 Å². The van der Waals surface area contributed by atoms with E-state index in [-0.39, 0.29) is 11.7 Å². The second-order valence-electron chi connectivity index (χ2n) is 6.98. The predicted molar refractivity (Wildman–Crippen MR) is 129 cm³/mol. The minimum atomic E-state index is -0.0712. The van der Waals surface area contributed by atoms with Gasteiger partial charge >= 0.3 is 0 Å². The normalized spacial score (nSPS) is 11.0. The van der Waals surface area contributed by atoms with E-state index >= 15 is 0 Å².